The molecule has 0 fully saturated rings. The topological polar surface area (TPSA) is 30.5 Å². The zero-order valence-electron chi connectivity index (χ0n) is 12.1. The van der Waals surface area contributed by atoms with Gasteiger partial charge >= 0.3 is 0 Å². The van der Waals surface area contributed by atoms with Gasteiger partial charge in [-0.3, -0.25) is 0 Å². The van der Waals surface area contributed by atoms with Crippen molar-refractivity contribution in [2.45, 2.75) is 6.42 Å². The van der Waals surface area contributed by atoms with Crippen LogP contribution in [0.1, 0.15) is 5.56 Å². The summed E-state index contributed by atoms with van der Waals surface area (Å²) in [5.41, 5.74) is 2.41. The molecule has 0 aliphatic carbocycles. The third-order valence-corrected chi connectivity index (χ3v) is 3.57. The van der Waals surface area contributed by atoms with Crippen molar-refractivity contribution >= 4 is 21.6 Å². The molecule has 0 aliphatic heterocycles. The van der Waals surface area contributed by atoms with Crippen molar-refractivity contribution in [2.75, 3.05) is 32.2 Å². The minimum atomic E-state index is 0.620. The van der Waals surface area contributed by atoms with Crippen LogP contribution in [0.4, 0.5) is 5.69 Å². The first kappa shape index (κ1) is 15.9. The number of hydrogen-bond acceptors (Lipinski definition) is 3. The summed E-state index contributed by atoms with van der Waals surface area (Å²) in [6.07, 6.45) is 0.909. The molecule has 0 atom stereocenters. The van der Waals surface area contributed by atoms with Gasteiger partial charge in [-0.15, -0.1) is 0 Å². The van der Waals surface area contributed by atoms with Gasteiger partial charge in [0.1, 0.15) is 12.4 Å². The van der Waals surface area contributed by atoms with E-state index in [0.717, 1.165) is 35.5 Å². The monoisotopic (exact) mass is 349 g/mol. The Labute approximate surface area is 134 Å². The highest BCUT2D eigenvalue weighted by Gasteiger charge is 2.01. The second-order valence-corrected chi connectivity index (χ2v) is 5.55. The van der Waals surface area contributed by atoms with E-state index < -0.39 is 0 Å². The molecule has 3 nitrogen and oxygen atoms in total. The van der Waals surface area contributed by atoms with Crippen LogP contribution >= 0.6 is 15.9 Å². The highest BCUT2D eigenvalue weighted by Crippen LogP contribution is 2.18. The summed E-state index contributed by atoms with van der Waals surface area (Å²) < 4.78 is 11.9. The molecule has 0 saturated heterocycles. The van der Waals surface area contributed by atoms with Gasteiger partial charge in [-0.05, 0) is 36.2 Å². The van der Waals surface area contributed by atoms with E-state index in [-0.39, 0.29) is 0 Å². The van der Waals surface area contributed by atoms with Gasteiger partial charge in [-0.2, -0.15) is 0 Å². The standard InChI is InChI=1S/C17H20BrNO2/c1-20-11-9-14-5-2-3-8-17(14)19-10-12-21-16-7-4-6-15(18)13-16/h2-8,13,19H,9-12H2,1H3. The normalized spacial score (nSPS) is 10.4. The summed E-state index contributed by atoms with van der Waals surface area (Å²) in [5, 5.41) is 3.41. The number of hydrogen-bond donors (Lipinski definition) is 1. The summed E-state index contributed by atoms with van der Waals surface area (Å²) in [6.45, 7) is 2.11. The Morgan fingerprint density at radius 3 is 2.71 bits per heavy atom. The zero-order valence-corrected chi connectivity index (χ0v) is 13.7. The maximum absolute atomic E-state index is 5.71. The lowest BCUT2D eigenvalue weighted by atomic mass is 10.1. The van der Waals surface area contributed by atoms with Crippen molar-refractivity contribution < 1.29 is 9.47 Å². The van der Waals surface area contributed by atoms with Crippen molar-refractivity contribution in [3.8, 4) is 5.75 Å². The van der Waals surface area contributed by atoms with Gasteiger partial charge in [0.15, 0.2) is 0 Å². The molecule has 0 spiro atoms. The van der Waals surface area contributed by atoms with Gasteiger partial charge in [0, 0.05) is 23.8 Å². The van der Waals surface area contributed by atoms with Crippen molar-refractivity contribution in [1.29, 1.82) is 0 Å². The molecule has 112 valence electrons. The predicted octanol–water partition coefficient (Wildman–Crippen LogP) is 4.13. The molecule has 0 aliphatic rings. The third-order valence-electron chi connectivity index (χ3n) is 3.08. The molecule has 2 aromatic carbocycles. The average Bonchev–Trinajstić information content (AvgIpc) is 2.50. The van der Waals surface area contributed by atoms with E-state index in [1.54, 1.807) is 7.11 Å². The third kappa shape index (κ3) is 5.40. The number of methoxy groups -OCH3 is 1. The quantitative estimate of drug-likeness (QED) is 0.727. The van der Waals surface area contributed by atoms with Crippen molar-refractivity contribution in [3.63, 3.8) is 0 Å². The van der Waals surface area contributed by atoms with E-state index in [0.29, 0.717) is 6.61 Å². The van der Waals surface area contributed by atoms with Crippen LogP contribution in [-0.2, 0) is 11.2 Å². The van der Waals surface area contributed by atoms with Crippen LogP contribution in [-0.4, -0.2) is 26.9 Å². The minimum Gasteiger partial charge on any atom is -0.492 e. The molecule has 1 N–H and O–H groups in total. The highest BCUT2D eigenvalue weighted by molar-refractivity contribution is 9.10. The largest absolute Gasteiger partial charge is 0.492 e. The second-order valence-electron chi connectivity index (χ2n) is 4.63. The molecular weight excluding hydrogens is 330 g/mol. The van der Waals surface area contributed by atoms with Crippen LogP contribution in [0.2, 0.25) is 0 Å². The molecule has 0 aromatic heterocycles. The molecule has 21 heavy (non-hydrogen) atoms. The zero-order chi connectivity index (χ0) is 14.9. The first-order valence-electron chi connectivity index (χ1n) is 6.98. The highest BCUT2D eigenvalue weighted by atomic mass is 79.9. The Hall–Kier alpha value is -1.52. The van der Waals surface area contributed by atoms with E-state index >= 15 is 0 Å². The van der Waals surface area contributed by atoms with Crippen molar-refractivity contribution in [1.82, 2.24) is 0 Å². The number of nitrogens with one attached hydrogen (secondary N) is 1. The van der Waals surface area contributed by atoms with Gasteiger partial charge in [-0.1, -0.05) is 40.2 Å². The van der Waals surface area contributed by atoms with Gasteiger partial charge in [0.2, 0.25) is 0 Å². The Kier molecular flexibility index (Phi) is 6.57. The van der Waals surface area contributed by atoms with Crippen molar-refractivity contribution in [3.05, 3.63) is 58.6 Å². The van der Waals surface area contributed by atoms with Gasteiger partial charge < -0.3 is 14.8 Å². The minimum absolute atomic E-state index is 0.620. The number of halogens is 1. The fourth-order valence-electron chi connectivity index (χ4n) is 2.03. The molecule has 4 heteroatoms. The van der Waals surface area contributed by atoms with E-state index in [2.05, 4.69) is 33.4 Å². The summed E-state index contributed by atoms with van der Waals surface area (Å²) in [7, 11) is 1.72. The summed E-state index contributed by atoms with van der Waals surface area (Å²) in [5.74, 6) is 0.874. The Balaban J connectivity index is 1.80. The average molecular weight is 350 g/mol. The number of ether oxygens (including phenoxy) is 2. The lowest BCUT2D eigenvalue weighted by Crippen LogP contribution is -2.13. The van der Waals surface area contributed by atoms with Crippen LogP contribution in [0.5, 0.6) is 5.75 Å². The fourth-order valence-corrected chi connectivity index (χ4v) is 2.41. The number of para-hydroxylation sites is 1. The lowest BCUT2D eigenvalue weighted by Gasteiger charge is -2.12. The maximum Gasteiger partial charge on any atom is 0.120 e. The molecule has 0 radical (unpaired) electrons. The molecule has 2 rings (SSSR count). The number of rotatable bonds is 8. The van der Waals surface area contributed by atoms with E-state index in [1.165, 1.54) is 5.56 Å². The van der Waals surface area contributed by atoms with Crippen LogP contribution < -0.4 is 10.1 Å². The first-order chi connectivity index (χ1) is 10.3. The van der Waals surface area contributed by atoms with Gasteiger partial charge in [0.25, 0.3) is 0 Å². The number of anilines is 1. The summed E-state index contributed by atoms with van der Waals surface area (Å²) >= 11 is 3.43. The summed E-state index contributed by atoms with van der Waals surface area (Å²) in [6, 6.07) is 16.2. The Morgan fingerprint density at radius 1 is 1.05 bits per heavy atom. The molecular formula is C17H20BrNO2. The van der Waals surface area contributed by atoms with E-state index in [1.807, 2.05) is 36.4 Å². The molecule has 0 bridgehead atoms. The van der Waals surface area contributed by atoms with E-state index in [9.17, 15) is 0 Å². The van der Waals surface area contributed by atoms with E-state index in [4.69, 9.17) is 9.47 Å². The number of benzene rings is 2. The smallest absolute Gasteiger partial charge is 0.120 e. The molecule has 0 heterocycles. The van der Waals surface area contributed by atoms with Crippen LogP contribution in [0.25, 0.3) is 0 Å². The lowest BCUT2D eigenvalue weighted by molar-refractivity contribution is 0.202. The molecule has 0 amide bonds. The van der Waals surface area contributed by atoms with Crippen LogP contribution in [0, 0.1) is 0 Å². The second kappa shape index (κ2) is 8.70. The first-order valence-corrected chi connectivity index (χ1v) is 7.78. The molecule has 0 unspecified atom stereocenters. The predicted molar refractivity (Wildman–Crippen MR) is 90.1 cm³/mol. The van der Waals surface area contributed by atoms with Gasteiger partial charge in [-0.25, -0.2) is 0 Å². The SMILES string of the molecule is COCCc1ccccc1NCCOc1cccc(Br)c1. The van der Waals surface area contributed by atoms with Crippen LogP contribution in [0.15, 0.2) is 53.0 Å². The summed E-state index contributed by atoms with van der Waals surface area (Å²) in [4.78, 5) is 0. The Bertz CT molecular complexity index is 560. The molecule has 0 saturated carbocycles. The Morgan fingerprint density at radius 2 is 1.90 bits per heavy atom. The fraction of sp³-hybridized carbons (Fsp3) is 0.294. The molecule has 2 aromatic rings. The van der Waals surface area contributed by atoms with Gasteiger partial charge in [0.05, 0.1) is 6.61 Å². The maximum atomic E-state index is 5.71. The van der Waals surface area contributed by atoms with Crippen molar-refractivity contribution in [2.24, 2.45) is 0 Å². The van der Waals surface area contributed by atoms with Crippen LogP contribution in [0.3, 0.4) is 0 Å².